The molecule has 0 atom stereocenters. The maximum absolute atomic E-state index is 14.8. The van der Waals surface area contributed by atoms with Gasteiger partial charge < -0.3 is 15.8 Å². The van der Waals surface area contributed by atoms with Crippen LogP contribution in [0.5, 0.6) is 11.5 Å². The van der Waals surface area contributed by atoms with E-state index in [-0.39, 0.29) is 17.5 Å². The molecule has 0 saturated carbocycles. The number of pyridine rings is 1. The monoisotopic (exact) mass is 519 g/mol. The van der Waals surface area contributed by atoms with Gasteiger partial charge in [-0.05, 0) is 18.1 Å². The molecular weight excluding hydrogens is 501 g/mol. The first-order valence-corrected chi connectivity index (χ1v) is 10.6. The number of aromatic nitrogens is 5. The van der Waals surface area contributed by atoms with Gasteiger partial charge in [0.05, 0.1) is 11.8 Å². The van der Waals surface area contributed by atoms with E-state index in [1.54, 1.807) is 13.8 Å². The molecule has 3 aromatic heterocycles. The average Bonchev–Trinajstić information content (AvgIpc) is 3.28. The van der Waals surface area contributed by atoms with Crippen molar-refractivity contribution >= 4 is 17.4 Å². The van der Waals surface area contributed by atoms with E-state index < -0.39 is 52.4 Å². The number of ether oxygens (including phenoxy) is 1. The van der Waals surface area contributed by atoms with Crippen molar-refractivity contribution in [2.45, 2.75) is 25.9 Å². The quantitative estimate of drug-likeness (QED) is 0.340. The number of rotatable bonds is 6. The number of nitrogens with zero attached hydrogens (tertiary/aromatic N) is 5. The summed E-state index contributed by atoms with van der Waals surface area (Å²) < 4.78 is 76.7. The normalized spacial score (nSPS) is 11.6. The number of hydrogen-bond donors (Lipinski definition) is 2. The fourth-order valence-electron chi connectivity index (χ4n) is 3.52. The Balaban J connectivity index is 1.64. The Morgan fingerprint density at radius 3 is 2.32 bits per heavy atom. The van der Waals surface area contributed by atoms with E-state index in [1.165, 1.54) is 30.7 Å². The Hall–Kier alpha value is -4.62. The molecule has 0 saturated heterocycles. The standard InChI is InChI=1S/C23H18F5N7O2/c1-11(2)17-16(4-7-30-20(17)29)37-18-14(24)8-12(9-15(18)25)34-21(36)13-10-33-35(19(13)23(26,27)28)22-31-5-3-6-32-22/h3-11H,1-2H3,(H2,29,30)(H,34,36). The van der Waals surface area contributed by atoms with Gasteiger partial charge in [-0.3, -0.25) is 4.79 Å². The lowest BCUT2D eigenvalue weighted by atomic mass is 10.0. The molecule has 0 aliphatic rings. The van der Waals surface area contributed by atoms with Crippen molar-refractivity contribution in [1.82, 2.24) is 24.7 Å². The van der Waals surface area contributed by atoms with Crippen LogP contribution in [-0.2, 0) is 6.18 Å². The Morgan fingerprint density at radius 2 is 1.73 bits per heavy atom. The number of nitrogens with one attached hydrogen (secondary N) is 1. The molecule has 0 aliphatic heterocycles. The number of benzene rings is 1. The molecule has 14 heteroatoms. The zero-order valence-corrected chi connectivity index (χ0v) is 19.2. The van der Waals surface area contributed by atoms with E-state index in [0.29, 0.717) is 28.6 Å². The summed E-state index contributed by atoms with van der Waals surface area (Å²) in [7, 11) is 0. The first-order chi connectivity index (χ1) is 17.5. The summed E-state index contributed by atoms with van der Waals surface area (Å²) in [6.45, 7) is 3.57. The number of anilines is 2. The molecule has 3 N–H and O–H groups in total. The second-order valence-electron chi connectivity index (χ2n) is 7.95. The van der Waals surface area contributed by atoms with Crippen molar-refractivity contribution in [3.05, 3.63) is 77.5 Å². The fraction of sp³-hybridized carbons (Fsp3) is 0.174. The van der Waals surface area contributed by atoms with Gasteiger partial charge in [-0.15, -0.1) is 0 Å². The molecule has 0 bridgehead atoms. The SMILES string of the molecule is CC(C)c1c(Oc2c(F)cc(NC(=O)c3cnn(-c4ncccn4)c3C(F)(F)F)cc2F)ccnc1N. The van der Waals surface area contributed by atoms with Gasteiger partial charge in [0, 0.05) is 42.0 Å². The maximum Gasteiger partial charge on any atom is 0.434 e. The van der Waals surface area contributed by atoms with Crippen molar-refractivity contribution in [2.24, 2.45) is 0 Å². The molecule has 0 radical (unpaired) electrons. The number of carbonyl (C=O) groups is 1. The van der Waals surface area contributed by atoms with Crippen LogP contribution in [0.25, 0.3) is 5.95 Å². The second kappa shape index (κ2) is 9.79. The van der Waals surface area contributed by atoms with Gasteiger partial charge in [0.25, 0.3) is 11.9 Å². The molecule has 192 valence electrons. The molecule has 0 aliphatic carbocycles. The minimum absolute atomic E-state index is 0.0717. The predicted molar refractivity (Wildman–Crippen MR) is 121 cm³/mol. The van der Waals surface area contributed by atoms with E-state index in [4.69, 9.17) is 10.5 Å². The van der Waals surface area contributed by atoms with Crippen molar-refractivity contribution < 1.29 is 31.5 Å². The summed E-state index contributed by atoms with van der Waals surface area (Å²) >= 11 is 0. The molecule has 3 heterocycles. The largest absolute Gasteiger partial charge is 0.451 e. The first kappa shape index (κ1) is 25.5. The number of nitrogen functional groups attached to an aromatic ring is 1. The average molecular weight is 519 g/mol. The maximum atomic E-state index is 14.8. The van der Waals surface area contributed by atoms with Crippen LogP contribution in [-0.4, -0.2) is 30.6 Å². The number of carbonyl (C=O) groups excluding carboxylic acids is 1. The predicted octanol–water partition coefficient (Wildman–Crippen LogP) is 5.10. The lowest BCUT2D eigenvalue weighted by Crippen LogP contribution is -2.21. The topological polar surface area (TPSA) is 121 Å². The van der Waals surface area contributed by atoms with Crippen LogP contribution in [0, 0.1) is 11.6 Å². The third-order valence-electron chi connectivity index (χ3n) is 5.05. The van der Waals surface area contributed by atoms with E-state index >= 15 is 0 Å². The summed E-state index contributed by atoms with van der Waals surface area (Å²) in [5.74, 6) is -4.96. The summed E-state index contributed by atoms with van der Waals surface area (Å²) in [5.41, 5.74) is 3.45. The highest BCUT2D eigenvalue weighted by Crippen LogP contribution is 2.37. The minimum Gasteiger partial charge on any atom is -0.451 e. The van der Waals surface area contributed by atoms with Crippen LogP contribution in [0.3, 0.4) is 0 Å². The lowest BCUT2D eigenvalue weighted by molar-refractivity contribution is -0.143. The minimum atomic E-state index is -5.03. The molecule has 4 aromatic rings. The molecular formula is C23H18F5N7O2. The number of halogens is 5. The van der Waals surface area contributed by atoms with Crippen LogP contribution in [0.1, 0.15) is 41.4 Å². The second-order valence-corrected chi connectivity index (χ2v) is 7.95. The van der Waals surface area contributed by atoms with Crippen LogP contribution >= 0.6 is 0 Å². The number of hydrogen-bond acceptors (Lipinski definition) is 7. The number of alkyl halides is 3. The molecule has 0 unspecified atom stereocenters. The van der Waals surface area contributed by atoms with Gasteiger partial charge in [0.15, 0.2) is 23.1 Å². The van der Waals surface area contributed by atoms with E-state index in [9.17, 15) is 26.7 Å². The third kappa shape index (κ3) is 5.17. The van der Waals surface area contributed by atoms with Crippen LogP contribution < -0.4 is 15.8 Å². The van der Waals surface area contributed by atoms with Crippen molar-refractivity contribution in [3.63, 3.8) is 0 Å². The van der Waals surface area contributed by atoms with Crippen LogP contribution in [0.2, 0.25) is 0 Å². The molecule has 1 amide bonds. The van der Waals surface area contributed by atoms with Crippen molar-refractivity contribution in [1.29, 1.82) is 0 Å². The Bertz CT molecular complexity index is 1430. The molecule has 0 fully saturated rings. The summed E-state index contributed by atoms with van der Waals surface area (Å²) in [6, 6.07) is 4.17. The molecule has 9 nitrogen and oxygen atoms in total. The van der Waals surface area contributed by atoms with E-state index in [2.05, 4.69) is 20.1 Å². The molecule has 1 aromatic carbocycles. The fourth-order valence-corrected chi connectivity index (χ4v) is 3.52. The zero-order valence-electron chi connectivity index (χ0n) is 19.2. The van der Waals surface area contributed by atoms with E-state index in [1.807, 2.05) is 5.32 Å². The van der Waals surface area contributed by atoms with Gasteiger partial charge in [-0.2, -0.15) is 23.0 Å². The number of nitrogens with two attached hydrogens (primary N) is 1. The molecule has 4 rings (SSSR count). The summed E-state index contributed by atoms with van der Waals surface area (Å²) in [6.07, 6.45) is -0.677. The van der Waals surface area contributed by atoms with Gasteiger partial charge >= 0.3 is 6.18 Å². The van der Waals surface area contributed by atoms with Crippen molar-refractivity contribution in [2.75, 3.05) is 11.1 Å². The Kier molecular flexibility index (Phi) is 6.74. The van der Waals surface area contributed by atoms with Crippen LogP contribution in [0.4, 0.5) is 33.5 Å². The van der Waals surface area contributed by atoms with Crippen molar-refractivity contribution in [3.8, 4) is 17.4 Å². The van der Waals surface area contributed by atoms with Gasteiger partial charge in [0.2, 0.25) is 0 Å². The highest BCUT2D eigenvalue weighted by atomic mass is 19.4. The highest BCUT2D eigenvalue weighted by molar-refractivity contribution is 6.05. The van der Waals surface area contributed by atoms with Crippen LogP contribution in [0.15, 0.2) is 49.1 Å². The number of amides is 1. The summed E-state index contributed by atoms with van der Waals surface area (Å²) in [4.78, 5) is 24.0. The first-order valence-electron chi connectivity index (χ1n) is 10.6. The smallest absolute Gasteiger partial charge is 0.434 e. The van der Waals surface area contributed by atoms with E-state index in [0.717, 1.165) is 0 Å². The van der Waals surface area contributed by atoms with Gasteiger partial charge in [0.1, 0.15) is 11.6 Å². The Morgan fingerprint density at radius 1 is 1.08 bits per heavy atom. The van der Waals surface area contributed by atoms with Gasteiger partial charge in [-0.1, -0.05) is 13.8 Å². The lowest BCUT2D eigenvalue weighted by Gasteiger charge is -2.16. The summed E-state index contributed by atoms with van der Waals surface area (Å²) in [5, 5.41) is 5.62. The molecule has 37 heavy (non-hydrogen) atoms. The van der Waals surface area contributed by atoms with Gasteiger partial charge in [-0.25, -0.2) is 23.7 Å². The zero-order chi connectivity index (χ0) is 26.9. The third-order valence-corrected chi connectivity index (χ3v) is 5.05. The molecule has 0 spiro atoms. The highest BCUT2D eigenvalue weighted by Gasteiger charge is 2.41. The Labute approximate surface area is 206 Å².